The van der Waals surface area contributed by atoms with Crippen LogP contribution in [0.25, 0.3) is 0 Å². The van der Waals surface area contributed by atoms with Gasteiger partial charge in [0.05, 0.1) is 6.20 Å². The smallest absolute Gasteiger partial charge is 0.231 e. The molecule has 2 aliphatic heterocycles. The van der Waals surface area contributed by atoms with E-state index >= 15 is 0 Å². The van der Waals surface area contributed by atoms with Crippen molar-refractivity contribution in [1.29, 1.82) is 0 Å². The molecule has 0 saturated heterocycles. The van der Waals surface area contributed by atoms with Crippen LogP contribution >= 0.6 is 0 Å². The van der Waals surface area contributed by atoms with Gasteiger partial charge in [-0.05, 0) is 31.0 Å². The lowest BCUT2D eigenvalue weighted by atomic mass is 10.1. The number of rotatable bonds is 2. The van der Waals surface area contributed by atoms with E-state index in [1.807, 2.05) is 26.1 Å². The molecule has 2 aromatic rings. The largest absolute Gasteiger partial charge is 0.454 e. The van der Waals surface area contributed by atoms with Crippen LogP contribution < -0.4 is 9.47 Å². The Morgan fingerprint density at radius 1 is 1.09 bits per heavy atom. The molecule has 1 atom stereocenters. The predicted molar refractivity (Wildman–Crippen MR) is 87.8 cm³/mol. The maximum Gasteiger partial charge on any atom is 0.231 e. The average molecular weight is 316 g/mol. The van der Waals surface area contributed by atoms with E-state index in [0.29, 0.717) is 12.8 Å². The van der Waals surface area contributed by atoms with Crippen LogP contribution in [-0.4, -0.2) is 29.9 Å². The SMILES string of the molecule is CC.CC(c1ccc2c(c1)OCO2)N1CCc2cnoc2CC1. The van der Waals surface area contributed by atoms with E-state index in [9.17, 15) is 0 Å². The van der Waals surface area contributed by atoms with E-state index < -0.39 is 0 Å². The molecule has 0 amide bonds. The van der Waals surface area contributed by atoms with Crippen molar-refractivity contribution in [3.8, 4) is 11.5 Å². The van der Waals surface area contributed by atoms with E-state index in [0.717, 1.165) is 43.2 Å². The molecule has 0 radical (unpaired) electrons. The summed E-state index contributed by atoms with van der Waals surface area (Å²) < 4.78 is 16.2. The van der Waals surface area contributed by atoms with Crippen molar-refractivity contribution < 1.29 is 14.0 Å². The average Bonchev–Trinajstić information content (AvgIpc) is 3.20. The Labute approximate surface area is 137 Å². The topological polar surface area (TPSA) is 47.7 Å². The Kier molecular flexibility index (Phi) is 4.86. The standard InChI is InChI=1S/C16H18N2O3.C2H6/c1-11(12-2-3-15-16(8-12)20-10-19-15)18-6-4-13-9-17-21-14(13)5-7-18;1-2/h2-3,8-9,11H,4-7,10H2,1H3;1-2H3. The fraction of sp³-hybridized carbons (Fsp3) is 0.500. The van der Waals surface area contributed by atoms with Crippen molar-refractivity contribution in [2.45, 2.75) is 39.7 Å². The molecule has 0 N–H and O–H groups in total. The summed E-state index contributed by atoms with van der Waals surface area (Å²) in [7, 11) is 0. The summed E-state index contributed by atoms with van der Waals surface area (Å²) in [4.78, 5) is 2.48. The second-order valence-corrected chi connectivity index (χ2v) is 5.60. The molecule has 2 aliphatic rings. The minimum atomic E-state index is 0.324. The maximum absolute atomic E-state index is 5.48. The highest BCUT2D eigenvalue weighted by Crippen LogP contribution is 2.35. The molecule has 0 saturated carbocycles. The highest BCUT2D eigenvalue weighted by Gasteiger charge is 2.23. The van der Waals surface area contributed by atoms with E-state index in [4.69, 9.17) is 14.0 Å². The van der Waals surface area contributed by atoms with Gasteiger partial charge in [0.15, 0.2) is 11.5 Å². The van der Waals surface area contributed by atoms with Crippen LogP contribution in [0.1, 0.15) is 43.7 Å². The molecule has 0 aliphatic carbocycles. The first kappa shape index (κ1) is 15.9. The molecule has 5 heteroatoms. The summed E-state index contributed by atoms with van der Waals surface area (Å²) in [5, 5.41) is 3.89. The first-order valence-electron chi connectivity index (χ1n) is 8.37. The molecule has 3 heterocycles. The lowest BCUT2D eigenvalue weighted by Crippen LogP contribution is -2.29. The molecule has 0 bridgehead atoms. The molecule has 124 valence electrons. The maximum atomic E-state index is 5.48. The first-order valence-corrected chi connectivity index (χ1v) is 8.37. The van der Waals surface area contributed by atoms with Crippen molar-refractivity contribution in [2.24, 2.45) is 0 Å². The lowest BCUT2D eigenvalue weighted by molar-refractivity contribution is 0.173. The van der Waals surface area contributed by atoms with Gasteiger partial charge >= 0.3 is 0 Å². The van der Waals surface area contributed by atoms with Crippen molar-refractivity contribution in [3.05, 3.63) is 41.3 Å². The second kappa shape index (κ2) is 7.04. The van der Waals surface area contributed by atoms with Gasteiger partial charge in [-0.1, -0.05) is 25.1 Å². The van der Waals surface area contributed by atoms with Crippen molar-refractivity contribution in [3.63, 3.8) is 0 Å². The monoisotopic (exact) mass is 316 g/mol. The summed E-state index contributed by atoms with van der Waals surface area (Å²) in [5.41, 5.74) is 2.51. The molecule has 4 rings (SSSR count). The molecule has 1 unspecified atom stereocenters. The molecular formula is C18H24N2O3. The van der Waals surface area contributed by atoms with Gasteiger partial charge in [0.1, 0.15) is 5.76 Å². The van der Waals surface area contributed by atoms with Gasteiger partial charge in [0, 0.05) is 31.1 Å². The van der Waals surface area contributed by atoms with Gasteiger partial charge in [0.2, 0.25) is 6.79 Å². The Morgan fingerprint density at radius 3 is 2.74 bits per heavy atom. The minimum absolute atomic E-state index is 0.324. The van der Waals surface area contributed by atoms with Gasteiger partial charge < -0.3 is 14.0 Å². The number of nitrogens with zero attached hydrogens (tertiary/aromatic N) is 2. The summed E-state index contributed by atoms with van der Waals surface area (Å²) in [6.45, 7) is 8.56. The van der Waals surface area contributed by atoms with Gasteiger partial charge in [0.25, 0.3) is 0 Å². The van der Waals surface area contributed by atoms with Gasteiger partial charge in [-0.2, -0.15) is 0 Å². The Balaban J connectivity index is 0.000000753. The Hall–Kier alpha value is -2.01. The predicted octanol–water partition coefficient (Wildman–Crippen LogP) is 3.59. The van der Waals surface area contributed by atoms with Gasteiger partial charge in [-0.3, -0.25) is 4.90 Å². The molecule has 23 heavy (non-hydrogen) atoms. The molecular weight excluding hydrogens is 292 g/mol. The van der Waals surface area contributed by atoms with Gasteiger partial charge in [-0.15, -0.1) is 0 Å². The zero-order valence-electron chi connectivity index (χ0n) is 14.0. The highest BCUT2D eigenvalue weighted by molar-refractivity contribution is 5.45. The molecule has 5 nitrogen and oxygen atoms in total. The van der Waals surface area contributed by atoms with Crippen LogP contribution in [0.4, 0.5) is 0 Å². The van der Waals surface area contributed by atoms with Crippen LogP contribution in [0.2, 0.25) is 0 Å². The highest BCUT2D eigenvalue weighted by atomic mass is 16.7. The summed E-state index contributed by atoms with van der Waals surface area (Å²) in [6, 6.07) is 6.57. The van der Waals surface area contributed by atoms with E-state index in [-0.39, 0.29) is 0 Å². The first-order chi connectivity index (χ1) is 11.3. The summed E-state index contributed by atoms with van der Waals surface area (Å²) >= 11 is 0. The molecule has 0 fully saturated rings. The Bertz CT molecular complexity index is 631. The summed E-state index contributed by atoms with van der Waals surface area (Å²) in [5.74, 6) is 2.73. The van der Waals surface area contributed by atoms with E-state index in [1.165, 1.54) is 11.1 Å². The number of aromatic nitrogens is 1. The summed E-state index contributed by atoms with van der Waals surface area (Å²) in [6.07, 6.45) is 3.77. The minimum Gasteiger partial charge on any atom is -0.454 e. The third-order valence-electron chi connectivity index (χ3n) is 4.45. The fourth-order valence-electron chi connectivity index (χ4n) is 3.09. The van der Waals surface area contributed by atoms with Crippen LogP contribution in [0, 0.1) is 0 Å². The third-order valence-corrected chi connectivity index (χ3v) is 4.45. The number of ether oxygens (including phenoxy) is 2. The van der Waals surface area contributed by atoms with Crippen LogP contribution in [0.3, 0.4) is 0 Å². The molecule has 0 spiro atoms. The molecule has 1 aromatic heterocycles. The van der Waals surface area contributed by atoms with Crippen LogP contribution in [0.15, 0.2) is 28.9 Å². The second-order valence-electron chi connectivity index (χ2n) is 5.60. The third kappa shape index (κ3) is 3.20. The van der Waals surface area contributed by atoms with Crippen LogP contribution in [0.5, 0.6) is 11.5 Å². The van der Waals surface area contributed by atoms with Crippen molar-refractivity contribution in [2.75, 3.05) is 19.9 Å². The Morgan fingerprint density at radius 2 is 1.87 bits per heavy atom. The number of benzene rings is 1. The lowest BCUT2D eigenvalue weighted by Gasteiger charge is -2.27. The zero-order chi connectivity index (χ0) is 16.2. The molecule has 1 aromatic carbocycles. The van der Waals surface area contributed by atoms with E-state index in [1.54, 1.807) is 0 Å². The van der Waals surface area contributed by atoms with Crippen molar-refractivity contribution in [1.82, 2.24) is 10.1 Å². The number of hydrogen-bond acceptors (Lipinski definition) is 5. The van der Waals surface area contributed by atoms with Gasteiger partial charge in [-0.25, -0.2) is 0 Å². The number of fused-ring (bicyclic) bond motifs is 2. The van der Waals surface area contributed by atoms with Crippen LogP contribution in [-0.2, 0) is 12.8 Å². The fourth-order valence-corrected chi connectivity index (χ4v) is 3.09. The van der Waals surface area contributed by atoms with Crippen molar-refractivity contribution >= 4 is 0 Å². The normalized spacial score (nSPS) is 17.7. The van der Waals surface area contributed by atoms with E-state index in [2.05, 4.69) is 29.1 Å². The number of hydrogen-bond donors (Lipinski definition) is 0. The zero-order valence-corrected chi connectivity index (χ0v) is 14.0. The quantitative estimate of drug-likeness (QED) is 0.847.